The number of carbonyl (C=O) groups excluding carboxylic acids is 1. The van der Waals surface area contributed by atoms with Crippen LogP contribution in [-0.4, -0.2) is 58.1 Å². The number of amides is 1. The Labute approximate surface area is 199 Å². The number of carbonyl (C=O) groups is 1. The Balaban J connectivity index is 1.40. The van der Waals surface area contributed by atoms with Gasteiger partial charge in [-0.1, -0.05) is 35.9 Å². The summed E-state index contributed by atoms with van der Waals surface area (Å²) in [6, 6.07) is 20.9. The summed E-state index contributed by atoms with van der Waals surface area (Å²) in [5, 5.41) is 0. The van der Waals surface area contributed by atoms with E-state index in [1.54, 1.807) is 59.5 Å². The molecule has 3 aromatic carbocycles. The van der Waals surface area contributed by atoms with Crippen molar-refractivity contribution in [2.24, 2.45) is 0 Å². The predicted octanol–water partition coefficient (Wildman–Crippen LogP) is 2.94. The van der Waals surface area contributed by atoms with Gasteiger partial charge in [-0.2, -0.15) is 4.31 Å². The molecule has 0 atom stereocenters. The van der Waals surface area contributed by atoms with Crippen molar-refractivity contribution in [2.75, 3.05) is 30.9 Å². The van der Waals surface area contributed by atoms with Crippen LogP contribution >= 0.6 is 0 Å². The minimum absolute atomic E-state index is 0.0434. The van der Waals surface area contributed by atoms with E-state index in [0.29, 0.717) is 11.3 Å². The molecule has 1 aliphatic heterocycles. The van der Waals surface area contributed by atoms with Gasteiger partial charge in [0.15, 0.2) is 0 Å². The molecule has 0 aliphatic carbocycles. The fourth-order valence-corrected chi connectivity index (χ4v) is 6.15. The molecular formula is C24H25N3O5S2. The Morgan fingerprint density at radius 1 is 0.735 bits per heavy atom. The lowest BCUT2D eigenvalue weighted by atomic mass is 10.2. The summed E-state index contributed by atoms with van der Waals surface area (Å²) in [5.74, 6) is -0.271. The topological polar surface area (TPSA) is 104 Å². The van der Waals surface area contributed by atoms with Crippen LogP contribution in [0, 0.1) is 6.92 Å². The fourth-order valence-electron chi connectivity index (χ4n) is 3.67. The van der Waals surface area contributed by atoms with Crippen molar-refractivity contribution in [2.45, 2.75) is 16.7 Å². The normalized spacial score (nSPS) is 15.1. The number of sulfonamides is 2. The molecule has 0 aromatic heterocycles. The molecule has 1 amide bonds. The Morgan fingerprint density at radius 2 is 1.29 bits per heavy atom. The standard InChI is InChI=1S/C24H25N3O5S2/c1-19-7-11-23(12-8-19)34(31,32)27-17-15-26(16-18-27)24(28)20-9-13-22(14-10-20)33(29,30)25-21-5-3-2-4-6-21/h2-14,25H,15-18H2,1H3. The average Bonchev–Trinajstić information content (AvgIpc) is 2.84. The summed E-state index contributed by atoms with van der Waals surface area (Å²) in [5.41, 5.74) is 1.76. The van der Waals surface area contributed by atoms with Gasteiger partial charge >= 0.3 is 0 Å². The van der Waals surface area contributed by atoms with Crippen molar-refractivity contribution in [3.63, 3.8) is 0 Å². The molecular weight excluding hydrogens is 474 g/mol. The lowest BCUT2D eigenvalue weighted by molar-refractivity contribution is 0.0698. The van der Waals surface area contributed by atoms with Crippen molar-refractivity contribution in [1.29, 1.82) is 0 Å². The smallest absolute Gasteiger partial charge is 0.261 e. The maximum atomic E-state index is 12.9. The molecule has 0 unspecified atom stereocenters. The van der Waals surface area contributed by atoms with Gasteiger partial charge in [-0.3, -0.25) is 9.52 Å². The number of benzene rings is 3. The molecule has 0 radical (unpaired) electrons. The lowest BCUT2D eigenvalue weighted by Crippen LogP contribution is -2.50. The van der Waals surface area contributed by atoms with Crippen molar-refractivity contribution in [3.8, 4) is 0 Å². The zero-order valence-corrected chi connectivity index (χ0v) is 20.2. The Kier molecular flexibility index (Phi) is 6.74. The van der Waals surface area contributed by atoms with Crippen LogP contribution in [-0.2, 0) is 20.0 Å². The highest BCUT2D eigenvalue weighted by molar-refractivity contribution is 7.92. The maximum Gasteiger partial charge on any atom is 0.261 e. The van der Waals surface area contributed by atoms with E-state index in [1.807, 2.05) is 6.92 Å². The molecule has 1 N–H and O–H groups in total. The number of aryl methyl sites for hydroxylation is 1. The molecule has 8 nitrogen and oxygen atoms in total. The SMILES string of the molecule is Cc1ccc(S(=O)(=O)N2CCN(C(=O)c3ccc(S(=O)(=O)Nc4ccccc4)cc3)CC2)cc1. The van der Waals surface area contributed by atoms with Gasteiger partial charge in [-0.05, 0) is 55.5 Å². The third-order valence-electron chi connectivity index (χ3n) is 5.62. The monoisotopic (exact) mass is 499 g/mol. The number of rotatable bonds is 6. The first-order chi connectivity index (χ1) is 16.2. The van der Waals surface area contributed by atoms with Crippen LogP contribution in [0.1, 0.15) is 15.9 Å². The second-order valence-electron chi connectivity index (χ2n) is 8.01. The van der Waals surface area contributed by atoms with E-state index in [1.165, 1.54) is 28.6 Å². The number of hydrogen-bond donors (Lipinski definition) is 1. The second kappa shape index (κ2) is 9.57. The summed E-state index contributed by atoms with van der Waals surface area (Å²) >= 11 is 0. The first-order valence-corrected chi connectivity index (χ1v) is 13.6. The molecule has 178 valence electrons. The average molecular weight is 500 g/mol. The van der Waals surface area contributed by atoms with Crippen LogP contribution in [0.15, 0.2) is 88.7 Å². The second-order valence-corrected chi connectivity index (χ2v) is 11.6. The predicted molar refractivity (Wildman–Crippen MR) is 130 cm³/mol. The highest BCUT2D eigenvalue weighted by atomic mass is 32.2. The van der Waals surface area contributed by atoms with Gasteiger partial charge in [0.1, 0.15) is 0 Å². The van der Waals surface area contributed by atoms with Crippen LogP contribution in [0.4, 0.5) is 5.69 Å². The Morgan fingerprint density at radius 3 is 1.88 bits per heavy atom. The molecule has 0 bridgehead atoms. The van der Waals surface area contributed by atoms with Crippen LogP contribution in [0.25, 0.3) is 0 Å². The molecule has 1 saturated heterocycles. The van der Waals surface area contributed by atoms with E-state index in [2.05, 4.69) is 4.72 Å². The number of nitrogens with zero attached hydrogens (tertiary/aromatic N) is 2. The van der Waals surface area contributed by atoms with Crippen LogP contribution in [0.2, 0.25) is 0 Å². The van der Waals surface area contributed by atoms with Gasteiger partial charge in [0.05, 0.1) is 9.79 Å². The van der Waals surface area contributed by atoms with E-state index in [4.69, 9.17) is 0 Å². The van der Waals surface area contributed by atoms with E-state index in [0.717, 1.165) is 5.56 Å². The Hall–Kier alpha value is -3.21. The molecule has 34 heavy (non-hydrogen) atoms. The van der Waals surface area contributed by atoms with E-state index < -0.39 is 20.0 Å². The molecule has 1 heterocycles. The summed E-state index contributed by atoms with van der Waals surface area (Å²) in [7, 11) is -7.40. The maximum absolute atomic E-state index is 12.9. The van der Waals surface area contributed by atoms with Crippen LogP contribution in [0.5, 0.6) is 0 Å². The number of piperazine rings is 1. The van der Waals surface area contributed by atoms with Gasteiger partial charge in [0.25, 0.3) is 15.9 Å². The van der Waals surface area contributed by atoms with Crippen LogP contribution in [0.3, 0.4) is 0 Å². The summed E-state index contributed by atoms with van der Waals surface area (Å²) < 4.78 is 54.8. The lowest BCUT2D eigenvalue weighted by Gasteiger charge is -2.34. The third-order valence-corrected chi connectivity index (χ3v) is 8.93. The third kappa shape index (κ3) is 5.14. The van der Waals surface area contributed by atoms with E-state index in [9.17, 15) is 21.6 Å². The first-order valence-electron chi connectivity index (χ1n) is 10.7. The number of hydrogen-bond acceptors (Lipinski definition) is 5. The van der Waals surface area contributed by atoms with Gasteiger partial charge < -0.3 is 4.90 Å². The zero-order valence-electron chi connectivity index (χ0n) is 18.6. The van der Waals surface area contributed by atoms with Crippen LogP contribution < -0.4 is 4.72 Å². The molecule has 1 fully saturated rings. The van der Waals surface area contributed by atoms with Gasteiger partial charge in [-0.25, -0.2) is 16.8 Å². The molecule has 1 aliphatic rings. The zero-order chi connectivity index (χ0) is 24.3. The van der Waals surface area contributed by atoms with Crippen molar-refractivity contribution in [1.82, 2.24) is 9.21 Å². The first kappa shape index (κ1) is 23.9. The molecule has 10 heteroatoms. The quantitative estimate of drug-likeness (QED) is 0.562. The van der Waals surface area contributed by atoms with Gasteiger partial charge in [0, 0.05) is 37.4 Å². The van der Waals surface area contributed by atoms with Crippen molar-refractivity contribution in [3.05, 3.63) is 90.0 Å². The molecule has 0 saturated carbocycles. The largest absolute Gasteiger partial charge is 0.336 e. The van der Waals surface area contributed by atoms with Crippen molar-refractivity contribution >= 4 is 31.6 Å². The summed E-state index contributed by atoms with van der Waals surface area (Å²) in [4.78, 5) is 14.8. The minimum Gasteiger partial charge on any atom is -0.336 e. The number of nitrogens with one attached hydrogen (secondary N) is 1. The fraction of sp³-hybridized carbons (Fsp3) is 0.208. The number of para-hydroxylation sites is 1. The molecule has 3 aromatic rings. The molecule has 0 spiro atoms. The van der Waals surface area contributed by atoms with E-state index in [-0.39, 0.29) is 41.9 Å². The van der Waals surface area contributed by atoms with Gasteiger partial charge in [-0.15, -0.1) is 0 Å². The highest BCUT2D eigenvalue weighted by Crippen LogP contribution is 2.20. The van der Waals surface area contributed by atoms with Gasteiger partial charge in [0.2, 0.25) is 10.0 Å². The summed E-state index contributed by atoms with van der Waals surface area (Å²) in [6.45, 7) is 2.77. The number of anilines is 1. The van der Waals surface area contributed by atoms with E-state index >= 15 is 0 Å². The molecule has 4 rings (SSSR count). The Bertz CT molecular complexity index is 1360. The minimum atomic E-state index is -3.78. The highest BCUT2D eigenvalue weighted by Gasteiger charge is 2.30. The van der Waals surface area contributed by atoms with Crippen molar-refractivity contribution < 1.29 is 21.6 Å². The summed E-state index contributed by atoms with van der Waals surface area (Å²) in [6.07, 6.45) is 0.